The third kappa shape index (κ3) is 13.4. The summed E-state index contributed by atoms with van der Waals surface area (Å²) >= 11 is 0. The van der Waals surface area contributed by atoms with Gasteiger partial charge >= 0.3 is 0 Å². The van der Waals surface area contributed by atoms with Gasteiger partial charge in [0, 0.05) is 37.8 Å². The van der Waals surface area contributed by atoms with Gasteiger partial charge in [-0.05, 0) is 48.3 Å². The van der Waals surface area contributed by atoms with E-state index in [0.717, 1.165) is 22.6 Å². The molecule has 0 fully saturated rings. The number of hydrogen-bond donors (Lipinski definition) is 2. The Labute approximate surface area is 184 Å². The van der Waals surface area contributed by atoms with E-state index in [1.54, 1.807) is 35.4 Å². The molecule has 0 heterocycles. The highest BCUT2D eigenvalue weighted by Crippen LogP contribution is 2.22. The average Bonchev–Trinajstić information content (AvgIpc) is 2.57. The smallest absolute Gasteiger partial charge is 0.221 e. The molecule has 1 unspecified atom stereocenters. The van der Waals surface area contributed by atoms with Crippen LogP contribution in [-0.2, 0) is 20.8 Å². The molecule has 5 nitrogen and oxygen atoms in total. The van der Waals surface area contributed by atoms with Crippen molar-refractivity contribution in [2.75, 3.05) is 17.3 Å². The van der Waals surface area contributed by atoms with Gasteiger partial charge in [0.15, 0.2) is 0 Å². The van der Waals surface area contributed by atoms with Crippen molar-refractivity contribution in [3.8, 4) is 0 Å². The Kier molecular flexibility index (Phi) is 13.8. The molecule has 1 rings (SSSR count). The number of rotatable bonds is 9. The fourth-order valence-electron chi connectivity index (χ4n) is 2.52. The summed E-state index contributed by atoms with van der Waals surface area (Å²) in [5.74, 6) is 1.95. The summed E-state index contributed by atoms with van der Waals surface area (Å²) in [6.07, 6.45) is 2.46. The number of ketones is 1. The van der Waals surface area contributed by atoms with E-state index in [0.29, 0.717) is 24.3 Å². The van der Waals surface area contributed by atoms with E-state index in [1.807, 2.05) is 18.2 Å². The Morgan fingerprint density at radius 3 is 2.00 bits per heavy atom. The van der Waals surface area contributed by atoms with Crippen LogP contribution in [0.25, 0.3) is 0 Å². The SMILES string of the molecule is CC(=O)Cc1cc(NC(C)=O)cc(C(C)C)c1.CSSCC(NC(C)=O)C(C)C. The minimum atomic E-state index is -0.0975. The molecular weight excluding hydrogens is 404 g/mol. The van der Waals surface area contributed by atoms with Crippen molar-refractivity contribution in [3.05, 3.63) is 29.3 Å². The zero-order valence-electron chi connectivity index (χ0n) is 18.9. The predicted octanol–water partition coefficient (Wildman–Crippen LogP) is 5.06. The van der Waals surface area contributed by atoms with E-state index >= 15 is 0 Å². The Morgan fingerprint density at radius 2 is 1.59 bits per heavy atom. The molecule has 1 atom stereocenters. The van der Waals surface area contributed by atoms with Crippen molar-refractivity contribution in [1.29, 1.82) is 0 Å². The second kappa shape index (κ2) is 14.5. The molecule has 2 N–H and O–H groups in total. The van der Waals surface area contributed by atoms with Crippen LogP contribution in [0.4, 0.5) is 5.69 Å². The maximum absolute atomic E-state index is 11.1. The fourth-order valence-corrected chi connectivity index (χ4v) is 4.12. The van der Waals surface area contributed by atoms with E-state index in [1.165, 1.54) is 6.92 Å². The number of carbonyl (C=O) groups excluding carboxylic acids is 3. The van der Waals surface area contributed by atoms with Crippen molar-refractivity contribution in [2.24, 2.45) is 5.92 Å². The monoisotopic (exact) mass is 440 g/mol. The van der Waals surface area contributed by atoms with Crippen LogP contribution < -0.4 is 10.6 Å². The van der Waals surface area contributed by atoms with E-state index in [-0.39, 0.29) is 17.6 Å². The highest BCUT2D eigenvalue weighted by atomic mass is 33.1. The lowest BCUT2D eigenvalue weighted by Crippen LogP contribution is -2.38. The highest BCUT2D eigenvalue weighted by Gasteiger charge is 2.13. The van der Waals surface area contributed by atoms with Crippen LogP contribution in [0.5, 0.6) is 0 Å². The summed E-state index contributed by atoms with van der Waals surface area (Å²) in [5.41, 5.74) is 2.85. The normalized spacial score (nSPS) is 11.5. The molecule has 0 aliphatic carbocycles. The number of Topliss-reactive ketones (excluding diaryl/α,β-unsaturated/α-hetero) is 1. The second-order valence-corrected chi connectivity index (χ2v) is 10.3. The lowest BCUT2D eigenvalue weighted by Gasteiger charge is -2.20. The first-order valence-corrected chi connectivity index (χ1v) is 12.5. The Hall–Kier alpha value is -1.47. The maximum Gasteiger partial charge on any atom is 0.221 e. The van der Waals surface area contributed by atoms with Crippen molar-refractivity contribution in [2.45, 2.75) is 66.8 Å². The molecule has 0 aliphatic rings. The average molecular weight is 441 g/mol. The van der Waals surface area contributed by atoms with Crippen LogP contribution in [-0.4, -0.2) is 35.6 Å². The third-order valence-corrected chi connectivity index (χ3v) is 5.86. The van der Waals surface area contributed by atoms with Crippen LogP contribution in [0.1, 0.15) is 65.5 Å². The standard InChI is InChI=1S/C14H19NO2.C8H17NOS2/c1-9(2)13-6-12(5-10(3)16)7-14(8-13)15-11(4)17;1-6(2)8(5-12-11-4)9-7(3)10/h6-9H,5H2,1-4H3,(H,15,17);6,8H,5H2,1-4H3,(H,9,10). The zero-order valence-corrected chi connectivity index (χ0v) is 20.6. The molecular formula is C22H36N2O3S2. The molecule has 1 aromatic carbocycles. The Balaban J connectivity index is 0.000000578. The summed E-state index contributed by atoms with van der Waals surface area (Å²) in [5, 5.41) is 5.70. The van der Waals surface area contributed by atoms with Crippen molar-refractivity contribution >= 4 is 44.9 Å². The first-order valence-electron chi connectivity index (χ1n) is 9.79. The molecule has 0 aliphatic heterocycles. The van der Waals surface area contributed by atoms with E-state index in [2.05, 4.69) is 44.6 Å². The van der Waals surface area contributed by atoms with Crippen LogP contribution in [0, 0.1) is 5.92 Å². The summed E-state index contributed by atoms with van der Waals surface area (Å²) in [4.78, 5) is 33.0. The number of nitrogens with one attached hydrogen (secondary N) is 2. The largest absolute Gasteiger partial charge is 0.352 e. The number of hydrogen-bond acceptors (Lipinski definition) is 5. The van der Waals surface area contributed by atoms with E-state index in [9.17, 15) is 14.4 Å². The number of carbonyl (C=O) groups is 3. The van der Waals surface area contributed by atoms with Gasteiger partial charge in [0.05, 0.1) is 0 Å². The topological polar surface area (TPSA) is 75.3 Å². The lowest BCUT2D eigenvalue weighted by atomic mass is 9.98. The molecule has 164 valence electrons. The summed E-state index contributed by atoms with van der Waals surface area (Å²) in [7, 11) is 3.53. The Morgan fingerprint density at radius 1 is 0.966 bits per heavy atom. The van der Waals surface area contributed by atoms with Gasteiger partial charge in [-0.2, -0.15) is 0 Å². The molecule has 0 saturated heterocycles. The van der Waals surface area contributed by atoms with Crippen LogP contribution in [0.3, 0.4) is 0 Å². The molecule has 7 heteroatoms. The van der Waals surface area contributed by atoms with Gasteiger partial charge in [0.1, 0.15) is 5.78 Å². The van der Waals surface area contributed by atoms with Crippen LogP contribution in [0.15, 0.2) is 18.2 Å². The van der Waals surface area contributed by atoms with Gasteiger partial charge in [-0.15, -0.1) is 0 Å². The van der Waals surface area contributed by atoms with Crippen molar-refractivity contribution in [3.63, 3.8) is 0 Å². The van der Waals surface area contributed by atoms with Gasteiger partial charge < -0.3 is 10.6 Å². The lowest BCUT2D eigenvalue weighted by molar-refractivity contribution is -0.120. The van der Waals surface area contributed by atoms with Crippen LogP contribution in [0.2, 0.25) is 0 Å². The third-order valence-electron chi connectivity index (χ3n) is 4.01. The molecule has 0 spiro atoms. The first-order chi connectivity index (χ1) is 13.5. The fraction of sp³-hybridized carbons (Fsp3) is 0.591. The minimum Gasteiger partial charge on any atom is -0.352 e. The second-order valence-electron chi connectivity index (χ2n) is 7.68. The van der Waals surface area contributed by atoms with Gasteiger partial charge in [-0.3, -0.25) is 14.4 Å². The van der Waals surface area contributed by atoms with Crippen LogP contribution >= 0.6 is 21.6 Å². The van der Waals surface area contributed by atoms with E-state index < -0.39 is 0 Å². The maximum atomic E-state index is 11.1. The number of benzene rings is 1. The summed E-state index contributed by atoms with van der Waals surface area (Å²) < 4.78 is 0. The molecule has 2 amide bonds. The van der Waals surface area contributed by atoms with Crippen molar-refractivity contribution < 1.29 is 14.4 Å². The minimum absolute atomic E-state index is 0.0652. The molecule has 0 aromatic heterocycles. The zero-order chi connectivity index (χ0) is 22.6. The molecule has 29 heavy (non-hydrogen) atoms. The predicted molar refractivity (Wildman–Crippen MR) is 128 cm³/mol. The molecule has 0 radical (unpaired) electrons. The molecule has 0 bridgehead atoms. The Bertz CT molecular complexity index is 642. The molecule has 1 aromatic rings. The quantitative estimate of drug-likeness (QED) is 0.525. The van der Waals surface area contributed by atoms with Gasteiger partial charge in [0.25, 0.3) is 0 Å². The van der Waals surface area contributed by atoms with Gasteiger partial charge in [-0.1, -0.05) is 55.3 Å². The van der Waals surface area contributed by atoms with E-state index in [4.69, 9.17) is 0 Å². The first kappa shape index (κ1) is 27.5. The number of anilines is 1. The number of amides is 2. The van der Waals surface area contributed by atoms with Crippen molar-refractivity contribution in [1.82, 2.24) is 5.32 Å². The summed E-state index contributed by atoms with van der Waals surface area (Å²) in [6.45, 7) is 13.0. The van der Waals surface area contributed by atoms with Gasteiger partial charge in [0.2, 0.25) is 11.8 Å². The summed E-state index contributed by atoms with van der Waals surface area (Å²) in [6, 6.07) is 6.14. The van der Waals surface area contributed by atoms with Gasteiger partial charge in [-0.25, -0.2) is 0 Å². The highest BCUT2D eigenvalue weighted by molar-refractivity contribution is 8.76. The molecule has 0 saturated carbocycles.